The summed E-state index contributed by atoms with van der Waals surface area (Å²) in [5.74, 6) is -1.02. The Kier molecular flexibility index (Phi) is 6.71. The van der Waals surface area contributed by atoms with E-state index in [1.807, 2.05) is 6.07 Å². The third kappa shape index (κ3) is 5.08. The van der Waals surface area contributed by atoms with Crippen molar-refractivity contribution in [1.82, 2.24) is 5.32 Å². The van der Waals surface area contributed by atoms with E-state index in [9.17, 15) is 14.7 Å². The lowest BCUT2D eigenvalue weighted by Gasteiger charge is -2.33. The van der Waals surface area contributed by atoms with Crippen LogP contribution in [0.3, 0.4) is 0 Å². The van der Waals surface area contributed by atoms with Gasteiger partial charge in [-0.3, -0.25) is 9.59 Å². The normalized spacial score (nSPS) is 17.0. The van der Waals surface area contributed by atoms with Crippen LogP contribution in [0.5, 0.6) is 0 Å². The van der Waals surface area contributed by atoms with Gasteiger partial charge < -0.3 is 15.2 Å². The molecule has 1 fully saturated rings. The minimum atomic E-state index is -0.905. The SMILES string of the molecule is O=C(CCCc1cc(Cl)sc1Cl)NCC1(C(=O)O)CCOCC1. The van der Waals surface area contributed by atoms with Crippen LogP contribution < -0.4 is 5.32 Å². The van der Waals surface area contributed by atoms with Crippen molar-refractivity contribution in [3.8, 4) is 0 Å². The Bertz CT molecular complexity index is 570. The number of halogens is 2. The van der Waals surface area contributed by atoms with Crippen LogP contribution in [0.15, 0.2) is 6.07 Å². The van der Waals surface area contributed by atoms with Crippen LogP contribution in [0.2, 0.25) is 8.67 Å². The predicted octanol–water partition coefficient (Wildman–Crippen LogP) is 3.38. The molecule has 2 rings (SSSR count). The number of amides is 1. The number of rotatable bonds is 7. The van der Waals surface area contributed by atoms with Crippen LogP contribution in [-0.2, 0) is 20.7 Å². The summed E-state index contributed by atoms with van der Waals surface area (Å²) in [5.41, 5.74) is 0.0406. The van der Waals surface area contributed by atoms with Gasteiger partial charge in [-0.2, -0.15) is 0 Å². The molecule has 23 heavy (non-hydrogen) atoms. The van der Waals surface area contributed by atoms with E-state index in [2.05, 4.69) is 5.32 Å². The Morgan fingerprint density at radius 2 is 2.04 bits per heavy atom. The van der Waals surface area contributed by atoms with Gasteiger partial charge in [-0.25, -0.2) is 0 Å². The molecule has 0 unspecified atom stereocenters. The van der Waals surface area contributed by atoms with Crippen molar-refractivity contribution in [2.45, 2.75) is 32.1 Å². The summed E-state index contributed by atoms with van der Waals surface area (Å²) in [7, 11) is 0. The average molecular weight is 380 g/mol. The van der Waals surface area contributed by atoms with E-state index in [0.717, 1.165) is 5.56 Å². The highest BCUT2D eigenvalue weighted by Crippen LogP contribution is 2.32. The average Bonchev–Trinajstić information content (AvgIpc) is 2.84. The van der Waals surface area contributed by atoms with E-state index in [-0.39, 0.29) is 12.5 Å². The molecule has 0 radical (unpaired) electrons. The molecule has 0 aliphatic carbocycles. The highest BCUT2D eigenvalue weighted by Gasteiger charge is 2.40. The fourth-order valence-corrected chi connectivity index (χ4v) is 4.11. The Morgan fingerprint density at radius 3 is 2.61 bits per heavy atom. The number of carboxylic acid groups (broad SMARTS) is 1. The maximum atomic E-state index is 11.9. The molecule has 1 amide bonds. The van der Waals surface area contributed by atoms with Crippen molar-refractivity contribution >= 4 is 46.4 Å². The van der Waals surface area contributed by atoms with E-state index in [0.29, 0.717) is 54.0 Å². The van der Waals surface area contributed by atoms with E-state index >= 15 is 0 Å². The van der Waals surface area contributed by atoms with Gasteiger partial charge in [-0.05, 0) is 37.3 Å². The van der Waals surface area contributed by atoms with E-state index in [4.69, 9.17) is 27.9 Å². The summed E-state index contributed by atoms with van der Waals surface area (Å²) in [5, 5.41) is 12.2. The molecule has 0 aromatic carbocycles. The third-order valence-corrected chi connectivity index (χ3v) is 5.67. The number of hydrogen-bond donors (Lipinski definition) is 2. The molecule has 8 heteroatoms. The first-order valence-electron chi connectivity index (χ1n) is 7.44. The van der Waals surface area contributed by atoms with Gasteiger partial charge in [0.15, 0.2) is 0 Å². The van der Waals surface area contributed by atoms with Gasteiger partial charge in [-0.15, -0.1) is 11.3 Å². The largest absolute Gasteiger partial charge is 0.481 e. The van der Waals surface area contributed by atoms with Crippen LogP contribution in [0.4, 0.5) is 0 Å². The molecule has 128 valence electrons. The summed E-state index contributed by atoms with van der Waals surface area (Å²) in [6, 6.07) is 1.81. The Morgan fingerprint density at radius 1 is 1.35 bits per heavy atom. The number of nitrogens with one attached hydrogen (secondary N) is 1. The molecule has 0 saturated carbocycles. The second-order valence-corrected chi connectivity index (χ2v) is 7.96. The third-order valence-electron chi connectivity index (χ3n) is 4.10. The van der Waals surface area contributed by atoms with Crippen molar-refractivity contribution in [2.24, 2.45) is 5.41 Å². The molecule has 0 atom stereocenters. The number of carbonyl (C=O) groups is 2. The Labute approximate surface area is 148 Å². The first kappa shape index (κ1) is 18.5. The van der Waals surface area contributed by atoms with Crippen LogP contribution in [0, 0.1) is 5.41 Å². The lowest BCUT2D eigenvalue weighted by Crippen LogP contribution is -2.46. The van der Waals surface area contributed by atoms with Crippen LogP contribution >= 0.6 is 34.5 Å². The summed E-state index contributed by atoms with van der Waals surface area (Å²) < 4.78 is 6.50. The van der Waals surface area contributed by atoms with Crippen LogP contribution in [-0.4, -0.2) is 36.7 Å². The number of aliphatic carboxylic acids is 1. The van der Waals surface area contributed by atoms with Crippen molar-refractivity contribution in [2.75, 3.05) is 19.8 Å². The van der Waals surface area contributed by atoms with Crippen LogP contribution in [0.25, 0.3) is 0 Å². The van der Waals surface area contributed by atoms with E-state index in [1.54, 1.807) is 0 Å². The second kappa shape index (κ2) is 8.33. The molecule has 1 aliphatic heterocycles. The zero-order valence-electron chi connectivity index (χ0n) is 12.6. The first-order valence-corrected chi connectivity index (χ1v) is 9.02. The molecule has 2 N–H and O–H groups in total. The van der Waals surface area contributed by atoms with Gasteiger partial charge in [0.25, 0.3) is 0 Å². The Hall–Kier alpha value is -0.820. The van der Waals surface area contributed by atoms with Gasteiger partial charge >= 0.3 is 5.97 Å². The maximum Gasteiger partial charge on any atom is 0.311 e. The van der Waals surface area contributed by atoms with E-state index < -0.39 is 11.4 Å². The molecule has 1 saturated heterocycles. The monoisotopic (exact) mass is 379 g/mol. The molecule has 5 nitrogen and oxygen atoms in total. The standard InChI is InChI=1S/C15H19Cl2NO4S/c16-11-8-10(13(17)23-11)2-1-3-12(19)18-9-15(14(20)21)4-6-22-7-5-15/h8H,1-7,9H2,(H,18,19)(H,20,21). The Balaban J connectivity index is 1.76. The van der Waals surface area contributed by atoms with Gasteiger partial charge in [0.05, 0.1) is 14.1 Å². The molecule has 1 aliphatic rings. The number of carboxylic acids is 1. The molecule has 2 heterocycles. The number of aryl methyl sites for hydroxylation is 1. The van der Waals surface area contributed by atoms with E-state index in [1.165, 1.54) is 11.3 Å². The minimum Gasteiger partial charge on any atom is -0.481 e. The highest BCUT2D eigenvalue weighted by atomic mass is 35.5. The zero-order chi connectivity index (χ0) is 16.9. The molecular formula is C15H19Cl2NO4S. The topological polar surface area (TPSA) is 75.6 Å². The van der Waals surface area contributed by atoms with Crippen molar-refractivity contribution in [3.63, 3.8) is 0 Å². The second-order valence-electron chi connectivity index (χ2n) is 5.68. The zero-order valence-corrected chi connectivity index (χ0v) is 14.9. The van der Waals surface area contributed by atoms with Gasteiger partial charge in [0.1, 0.15) is 0 Å². The smallest absolute Gasteiger partial charge is 0.311 e. The molecular weight excluding hydrogens is 361 g/mol. The molecule has 1 aromatic heterocycles. The summed E-state index contributed by atoms with van der Waals surface area (Å²) in [6.07, 6.45) is 2.49. The van der Waals surface area contributed by atoms with Crippen LogP contribution in [0.1, 0.15) is 31.2 Å². The maximum absolute atomic E-state index is 11.9. The first-order chi connectivity index (χ1) is 10.9. The molecule has 0 bridgehead atoms. The molecule has 1 aromatic rings. The quantitative estimate of drug-likeness (QED) is 0.761. The highest BCUT2D eigenvalue weighted by molar-refractivity contribution is 7.20. The number of hydrogen-bond acceptors (Lipinski definition) is 4. The van der Waals surface area contributed by atoms with Crippen molar-refractivity contribution in [1.29, 1.82) is 0 Å². The fraction of sp³-hybridized carbons (Fsp3) is 0.600. The minimum absolute atomic E-state index is 0.144. The van der Waals surface area contributed by atoms with Gasteiger partial charge in [0, 0.05) is 26.2 Å². The number of thiophene rings is 1. The summed E-state index contributed by atoms with van der Waals surface area (Å²) in [6.45, 7) is 0.981. The lowest BCUT2D eigenvalue weighted by molar-refractivity contribution is -0.154. The van der Waals surface area contributed by atoms with Crippen molar-refractivity contribution in [3.05, 3.63) is 20.3 Å². The molecule has 0 spiro atoms. The van der Waals surface area contributed by atoms with Gasteiger partial charge in [-0.1, -0.05) is 23.2 Å². The van der Waals surface area contributed by atoms with Crippen molar-refractivity contribution < 1.29 is 19.4 Å². The lowest BCUT2D eigenvalue weighted by atomic mass is 9.80. The number of ether oxygens (including phenoxy) is 1. The fourth-order valence-electron chi connectivity index (χ4n) is 2.57. The summed E-state index contributed by atoms with van der Waals surface area (Å²) in [4.78, 5) is 23.4. The predicted molar refractivity (Wildman–Crippen MR) is 90.4 cm³/mol. The van der Waals surface area contributed by atoms with Gasteiger partial charge in [0.2, 0.25) is 5.91 Å². The summed E-state index contributed by atoms with van der Waals surface area (Å²) >= 11 is 13.2. The number of carbonyl (C=O) groups excluding carboxylic acids is 1.